The first kappa shape index (κ1) is 24.5. The summed E-state index contributed by atoms with van der Waals surface area (Å²) in [4.78, 5) is 26.5. The lowest BCUT2D eigenvalue weighted by atomic mass is 10.1. The molecule has 1 amide bonds. The van der Waals surface area contributed by atoms with Gasteiger partial charge in [0.15, 0.2) is 0 Å². The number of benzene rings is 4. The maximum atomic E-state index is 12.8. The number of nitrogens with zero attached hydrogens (tertiary/aromatic N) is 1. The van der Waals surface area contributed by atoms with Gasteiger partial charge in [-0.2, -0.15) is 0 Å². The van der Waals surface area contributed by atoms with Crippen LogP contribution in [0.2, 0.25) is 0 Å². The molecule has 4 aromatic rings. The molecule has 0 atom stereocenters. The number of rotatable bonds is 10. The number of hydrogen-bond donors (Lipinski definition) is 3. The van der Waals surface area contributed by atoms with Gasteiger partial charge in [-0.3, -0.25) is 4.79 Å². The average molecular weight is 480 g/mol. The molecule has 4 aromatic carbocycles. The predicted octanol–water partition coefficient (Wildman–Crippen LogP) is 7.32. The van der Waals surface area contributed by atoms with E-state index in [1.807, 2.05) is 42.5 Å². The highest BCUT2D eigenvalue weighted by atomic mass is 16.4. The van der Waals surface area contributed by atoms with Crippen molar-refractivity contribution in [3.63, 3.8) is 0 Å². The molecule has 0 aromatic heterocycles. The first-order valence-electron chi connectivity index (χ1n) is 12.0. The molecular formula is C30H29N3O3. The summed E-state index contributed by atoms with van der Waals surface area (Å²) >= 11 is 0. The molecule has 0 aliphatic rings. The number of carbonyl (C=O) groups is 2. The Morgan fingerprint density at radius 3 is 2.03 bits per heavy atom. The predicted molar refractivity (Wildman–Crippen MR) is 146 cm³/mol. The van der Waals surface area contributed by atoms with E-state index in [9.17, 15) is 14.7 Å². The number of unbranched alkanes of at least 4 members (excludes halogenated alkanes) is 1. The van der Waals surface area contributed by atoms with Gasteiger partial charge in [0.1, 0.15) is 0 Å². The molecule has 0 saturated heterocycles. The maximum absolute atomic E-state index is 12.8. The van der Waals surface area contributed by atoms with E-state index < -0.39 is 5.97 Å². The summed E-state index contributed by atoms with van der Waals surface area (Å²) in [6.45, 7) is 3.10. The highest BCUT2D eigenvalue weighted by Gasteiger charge is 2.12. The SMILES string of the molecule is CCCCN(c1ccccc1)c1ccc(NC(=O)c2ccc(Nc3ccccc3C(=O)O)cc2)cc1. The largest absolute Gasteiger partial charge is 0.478 e. The van der Waals surface area contributed by atoms with Crippen LogP contribution >= 0.6 is 0 Å². The molecule has 0 radical (unpaired) electrons. The number of carboxylic acids is 1. The van der Waals surface area contributed by atoms with E-state index >= 15 is 0 Å². The van der Waals surface area contributed by atoms with Crippen molar-refractivity contribution < 1.29 is 14.7 Å². The van der Waals surface area contributed by atoms with E-state index in [0.717, 1.165) is 30.8 Å². The van der Waals surface area contributed by atoms with Crippen molar-refractivity contribution in [3.8, 4) is 0 Å². The van der Waals surface area contributed by atoms with E-state index in [2.05, 4.69) is 34.6 Å². The fraction of sp³-hybridized carbons (Fsp3) is 0.133. The van der Waals surface area contributed by atoms with Crippen LogP contribution in [0, 0.1) is 0 Å². The quantitative estimate of drug-likeness (QED) is 0.222. The van der Waals surface area contributed by atoms with Crippen molar-refractivity contribution in [3.05, 3.63) is 114 Å². The van der Waals surface area contributed by atoms with Crippen LogP contribution in [0.25, 0.3) is 0 Å². The van der Waals surface area contributed by atoms with Gasteiger partial charge in [0.2, 0.25) is 0 Å². The molecule has 182 valence electrons. The molecule has 6 heteroatoms. The minimum absolute atomic E-state index is 0.184. The molecule has 36 heavy (non-hydrogen) atoms. The minimum atomic E-state index is -1.00. The van der Waals surface area contributed by atoms with E-state index in [1.54, 1.807) is 48.5 Å². The first-order valence-corrected chi connectivity index (χ1v) is 12.0. The van der Waals surface area contributed by atoms with Crippen LogP contribution in [0.4, 0.5) is 28.4 Å². The first-order chi connectivity index (χ1) is 17.5. The van der Waals surface area contributed by atoms with Crippen LogP contribution in [0.3, 0.4) is 0 Å². The fourth-order valence-corrected chi connectivity index (χ4v) is 3.90. The Bertz CT molecular complexity index is 1300. The lowest BCUT2D eigenvalue weighted by Gasteiger charge is -2.25. The molecule has 0 spiro atoms. The van der Waals surface area contributed by atoms with E-state index in [4.69, 9.17) is 0 Å². The van der Waals surface area contributed by atoms with Gasteiger partial charge in [-0.1, -0.05) is 43.7 Å². The summed E-state index contributed by atoms with van der Waals surface area (Å²) in [6.07, 6.45) is 2.19. The Morgan fingerprint density at radius 2 is 1.36 bits per heavy atom. The van der Waals surface area contributed by atoms with E-state index in [1.165, 1.54) is 0 Å². The van der Waals surface area contributed by atoms with Crippen molar-refractivity contribution >= 4 is 40.3 Å². The second-order valence-electron chi connectivity index (χ2n) is 8.39. The Kier molecular flexibility index (Phi) is 7.98. The number of hydrogen-bond acceptors (Lipinski definition) is 4. The molecule has 0 aliphatic heterocycles. The molecule has 4 rings (SSSR count). The van der Waals surface area contributed by atoms with Gasteiger partial charge >= 0.3 is 5.97 Å². The third-order valence-corrected chi connectivity index (χ3v) is 5.82. The Labute approximate surface area is 211 Å². The lowest BCUT2D eigenvalue weighted by Crippen LogP contribution is -2.18. The number of nitrogens with one attached hydrogen (secondary N) is 2. The number of para-hydroxylation sites is 2. The second kappa shape index (κ2) is 11.7. The van der Waals surface area contributed by atoms with Crippen LogP contribution in [-0.2, 0) is 0 Å². The van der Waals surface area contributed by atoms with Gasteiger partial charge in [-0.05, 0) is 79.2 Å². The summed E-state index contributed by atoms with van der Waals surface area (Å²) in [5, 5.41) is 15.4. The molecule has 3 N–H and O–H groups in total. The van der Waals surface area contributed by atoms with Crippen LogP contribution in [0.1, 0.15) is 40.5 Å². The van der Waals surface area contributed by atoms with Crippen molar-refractivity contribution in [2.75, 3.05) is 22.1 Å². The zero-order valence-electron chi connectivity index (χ0n) is 20.1. The maximum Gasteiger partial charge on any atom is 0.337 e. The van der Waals surface area contributed by atoms with Crippen LogP contribution in [0.5, 0.6) is 0 Å². The number of amides is 1. The number of anilines is 5. The summed E-state index contributed by atoms with van der Waals surface area (Å²) in [5.41, 5.74) is 4.80. The van der Waals surface area contributed by atoms with Crippen LogP contribution in [-0.4, -0.2) is 23.5 Å². The van der Waals surface area contributed by atoms with Crippen molar-refractivity contribution in [2.45, 2.75) is 19.8 Å². The van der Waals surface area contributed by atoms with Gasteiger partial charge in [-0.25, -0.2) is 4.79 Å². The number of aromatic carboxylic acids is 1. The molecule has 0 aliphatic carbocycles. The fourth-order valence-electron chi connectivity index (χ4n) is 3.90. The van der Waals surface area contributed by atoms with Gasteiger partial charge < -0.3 is 20.6 Å². The Hall–Kier alpha value is -4.58. The van der Waals surface area contributed by atoms with Gasteiger partial charge in [-0.15, -0.1) is 0 Å². The van der Waals surface area contributed by atoms with Gasteiger partial charge in [0.05, 0.1) is 11.3 Å². The summed E-state index contributed by atoms with van der Waals surface area (Å²) < 4.78 is 0. The van der Waals surface area contributed by atoms with E-state index in [-0.39, 0.29) is 11.5 Å². The highest BCUT2D eigenvalue weighted by molar-refractivity contribution is 6.04. The van der Waals surface area contributed by atoms with Crippen molar-refractivity contribution in [1.29, 1.82) is 0 Å². The average Bonchev–Trinajstić information content (AvgIpc) is 2.91. The standard InChI is InChI=1S/C30H29N3O3/c1-2-3-21-33(25-9-5-4-6-10-25)26-19-17-24(18-20-26)32-29(34)22-13-15-23(16-14-22)31-28-12-8-7-11-27(28)30(35)36/h4-20,31H,2-3,21H2,1H3,(H,32,34)(H,35,36). The highest BCUT2D eigenvalue weighted by Crippen LogP contribution is 2.27. The molecule has 0 saturated carbocycles. The number of carbonyl (C=O) groups excluding carboxylic acids is 1. The topological polar surface area (TPSA) is 81.7 Å². The molecule has 0 fully saturated rings. The third kappa shape index (κ3) is 6.10. The number of carboxylic acid groups (broad SMARTS) is 1. The summed E-state index contributed by atoms with van der Waals surface area (Å²) in [5.74, 6) is -1.22. The normalized spacial score (nSPS) is 10.5. The molecule has 0 heterocycles. The van der Waals surface area contributed by atoms with Gasteiger partial charge in [0, 0.05) is 34.9 Å². The third-order valence-electron chi connectivity index (χ3n) is 5.82. The lowest BCUT2D eigenvalue weighted by molar-refractivity contribution is 0.0697. The van der Waals surface area contributed by atoms with Crippen molar-refractivity contribution in [1.82, 2.24) is 0 Å². The zero-order chi connectivity index (χ0) is 25.3. The minimum Gasteiger partial charge on any atom is -0.478 e. The molecule has 0 unspecified atom stereocenters. The van der Waals surface area contributed by atoms with Gasteiger partial charge in [0.25, 0.3) is 5.91 Å². The van der Waals surface area contributed by atoms with Crippen LogP contribution in [0.15, 0.2) is 103 Å². The van der Waals surface area contributed by atoms with Crippen molar-refractivity contribution in [2.24, 2.45) is 0 Å². The summed E-state index contributed by atoms with van der Waals surface area (Å²) in [6, 6.07) is 31.8. The summed E-state index contributed by atoms with van der Waals surface area (Å²) in [7, 11) is 0. The Balaban J connectivity index is 1.42. The molecule has 0 bridgehead atoms. The van der Waals surface area contributed by atoms with Crippen LogP contribution < -0.4 is 15.5 Å². The zero-order valence-corrected chi connectivity index (χ0v) is 20.1. The van der Waals surface area contributed by atoms with E-state index in [0.29, 0.717) is 22.6 Å². The second-order valence-corrected chi connectivity index (χ2v) is 8.39. The molecular weight excluding hydrogens is 450 g/mol. The monoisotopic (exact) mass is 479 g/mol. The molecule has 6 nitrogen and oxygen atoms in total. The Morgan fingerprint density at radius 1 is 0.750 bits per heavy atom. The smallest absolute Gasteiger partial charge is 0.337 e.